The van der Waals surface area contributed by atoms with Crippen molar-refractivity contribution >= 4 is 21.8 Å². The van der Waals surface area contributed by atoms with Crippen molar-refractivity contribution in [3.8, 4) is 0 Å². The second kappa shape index (κ2) is 7.29. The van der Waals surface area contributed by atoms with Crippen LogP contribution in [0.25, 0.3) is 0 Å². The van der Waals surface area contributed by atoms with Gasteiger partial charge >= 0.3 is 0 Å². The van der Waals surface area contributed by atoms with E-state index in [0.717, 1.165) is 18.7 Å². The van der Waals surface area contributed by atoms with Crippen molar-refractivity contribution in [2.75, 3.05) is 31.1 Å². The number of rotatable bonds is 6. The molecule has 0 amide bonds. The Morgan fingerprint density at radius 3 is 2.63 bits per heavy atom. The zero-order valence-corrected chi connectivity index (χ0v) is 14.2. The van der Waals surface area contributed by atoms with E-state index >= 15 is 0 Å². The first kappa shape index (κ1) is 17.3. The molecule has 0 atom stereocenters. The van der Waals surface area contributed by atoms with Gasteiger partial charge in [0.1, 0.15) is 0 Å². The molecule has 6 heteroatoms. The van der Waals surface area contributed by atoms with E-state index in [1.165, 1.54) is 0 Å². The summed E-state index contributed by atoms with van der Waals surface area (Å²) in [7, 11) is -3.07. The fraction of sp³-hybridized carbons (Fsp3) is 1.00. The quantitative estimate of drug-likeness (QED) is 0.762. The third-order valence-corrected chi connectivity index (χ3v) is 6.65. The summed E-state index contributed by atoms with van der Waals surface area (Å²) in [5.74, 6) is 1.16. The fourth-order valence-corrected chi connectivity index (χ4v) is 4.78. The smallest absolute Gasteiger partial charge is 0.214 e. The fourth-order valence-electron chi connectivity index (χ4n) is 2.05. The summed E-state index contributed by atoms with van der Waals surface area (Å²) in [6.45, 7) is 10.6. The van der Waals surface area contributed by atoms with E-state index in [1.807, 2.05) is 11.8 Å². The van der Waals surface area contributed by atoms with E-state index in [9.17, 15) is 8.42 Å². The highest BCUT2D eigenvalue weighted by Crippen LogP contribution is 2.31. The van der Waals surface area contributed by atoms with Crippen LogP contribution in [0.5, 0.6) is 0 Å². The molecule has 0 unspecified atom stereocenters. The van der Waals surface area contributed by atoms with E-state index in [-0.39, 0.29) is 10.5 Å². The van der Waals surface area contributed by atoms with Crippen LogP contribution in [0.2, 0.25) is 0 Å². The van der Waals surface area contributed by atoms with E-state index in [4.69, 9.17) is 0 Å². The predicted molar refractivity (Wildman–Crippen MR) is 84.3 cm³/mol. The molecule has 0 spiro atoms. The molecule has 0 aromatic carbocycles. The molecule has 114 valence electrons. The zero-order valence-electron chi connectivity index (χ0n) is 12.6. The normalized spacial score (nSPS) is 21.5. The van der Waals surface area contributed by atoms with Crippen molar-refractivity contribution in [2.45, 2.75) is 51.3 Å². The predicted octanol–water partition coefficient (Wildman–Crippen LogP) is 1.92. The number of nitrogens with zero attached hydrogens (tertiary/aromatic N) is 1. The maximum Gasteiger partial charge on any atom is 0.214 e. The highest BCUT2D eigenvalue weighted by atomic mass is 32.2. The largest absolute Gasteiger partial charge is 0.314 e. The van der Waals surface area contributed by atoms with Gasteiger partial charge in [0.25, 0.3) is 0 Å². The van der Waals surface area contributed by atoms with Crippen molar-refractivity contribution < 1.29 is 8.42 Å². The number of sulfonamides is 1. The highest BCUT2D eigenvalue weighted by molar-refractivity contribution is 8.00. The Hall–Kier alpha value is 0.220. The Kier molecular flexibility index (Phi) is 6.63. The molecular formula is C13H28N2O2S2. The zero-order chi connectivity index (χ0) is 14.5. The summed E-state index contributed by atoms with van der Waals surface area (Å²) in [4.78, 5) is 0. The van der Waals surface area contributed by atoms with Crippen LogP contribution in [0, 0.1) is 0 Å². The summed E-state index contributed by atoms with van der Waals surface area (Å²) >= 11 is 1.87. The van der Waals surface area contributed by atoms with Gasteiger partial charge in [0.05, 0.1) is 5.75 Å². The Balaban J connectivity index is 2.44. The van der Waals surface area contributed by atoms with Crippen LogP contribution in [-0.4, -0.2) is 54.7 Å². The molecule has 1 aliphatic rings. The molecule has 0 radical (unpaired) electrons. The monoisotopic (exact) mass is 308 g/mol. The minimum Gasteiger partial charge on any atom is -0.314 e. The third-order valence-electron chi connectivity index (χ3n) is 3.32. The van der Waals surface area contributed by atoms with Gasteiger partial charge in [-0.15, -0.1) is 0 Å². The molecule has 1 heterocycles. The number of thioether (sulfide) groups is 1. The van der Waals surface area contributed by atoms with Gasteiger partial charge < -0.3 is 5.32 Å². The highest BCUT2D eigenvalue weighted by Gasteiger charge is 2.29. The van der Waals surface area contributed by atoms with Crippen molar-refractivity contribution in [3.63, 3.8) is 0 Å². The Bertz CT molecular complexity index is 367. The maximum absolute atomic E-state index is 12.3. The van der Waals surface area contributed by atoms with E-state index in [2.05, 4.69) is 33.0 Å². The number of hydrogen-bond acceptors (Lipinski definition) is 4. The average Bonchev–Trinajstić information content (AvgIpc) is 2.46. The second-order valence-electron chi connectivity index (χ2n) is 6.04. The molecule has 0 aromatic heterocycles. The number of nitrogens with one attached hydrogen (secondary N) is 1. The Morgan fingerprint density at radius 2 is 2.00 bits per heavy atom. The van der Waals surface area contributed by atoms with Crippen molar-refractivity contribution in [1.82, 2.24) is 9.62 Å². The molecule has 0 aromatic rings. The van der Waals surface area contributed by atoms with Crippen LogP contribution in [0.4, 0.5) is 0 Å². The molecule has 4 nitrogen and oxygen atoms in total. The minimum atomic E-state index is -3.07. The molecule has 0 aliphatic carbocycles. The molecule has 0 bridgehead atoms. The van der Waals surface area contributed by atoms with Gasteiger partial charge in [0.2, 0.25) is 10.0 Å². The maximum atomic E-state index is 12.3. The summed E-state index contributed by atoms with van der Waals surface area (Å²) in [6, 6.07) is 0.415. The van der Waals surface area contributed by atoms with Crippen LogP contribution in [0.3, 0.4) is 0 Å². The van der Waals surface area contributed by atoms with Crippen LogP contribution >= 0.6 is 11.8 Å². The summed E-state index contributed by atoms with van der Waals surface area (Å²) in [6.07, 6.45) is 1.62. The first-order valence-electron chi connectivity index (χ1n) is 7.08. The summed E-state index contributed by atoms with van der Waals surface area (Å²) < 4.78 is 26.4. The molecule has 1 fully saturated rings. The van der Waals surface area contributed by atoms with Gasteiger partial charge in [-0.1, -0.05) is 27.7 Å². The average molecular weight is 309 g/mol. The third kappa shape index (κ3) is 6.47. The van der Waals surface area contributed by atoms with E-state index < -0.39 is 10.0 Å². The van der Waals surface area contributed by atoms with Crippen molar-refractivity contribution in [1.29, 1.82) is 0 Å². The molecule has 19 heavy (non-hydrogen) atoms. The Labute approximate surface area is 122 Å². The lowest BCUT2D eigenvalue weighted by Gasteiger charge is -2.22. The minimum absolute atomic E-state index is 0.198. The first-order chi connectivity index (χ1) is 8.73. The van der Waals surface area contributed by atoms with Gasteiger partial charge in [-0.3, -0.25) is 0 Å². The lowest BCUT2D eigenvalue weighted by atomic mass is 10.1. The van der Waals surface area contributed by atoms with Crippen LogP contribution in [0.1, 0.15) is 40.5 Å². The van der Waals surface area contributed by atoms with Crippen LogP contribution in [0.15, 0.2) is 0 Å². The molecule has 1 aliphatic heterocycles. The summed E-state index contributed by atoms with van der Waals surface area (Å²) in [5, 5.41) is 3.26. The van der Waals surface area contributed by atoms with E-state index in [1.54, 1.807) is 4.31 Å². The van der Waals surface area contributed by atoms with Crippen molar-refractivity contribution in [3.05, 3.63) is 0 Å². The topological polar surface area (TPSA) is 49.4 Å². The molecule has 0 saturated carbocycles. The molecule has 1 rings (SSSR count). The van der Waals surface area contributed by atoms with Gasteiger partial charge in [-0.05, 0) is 19.4 Å². The standard InChI is InChI=1S/C13H28N2O2S2/c1-12(2)14-7-5-11-19(16,17)15-8-6-13(3,4)18-10-9-15/h12,14H,5-11H2,1-4H3. The van der Waals surface area contributed by atoms with Crippen LogP contribution in [-0.2, 0) is 10.0 Å². The van der Waals surface area contributed by atoms with Gasteiger partial charge in [-0.25, -0.2) is 12.7 Å². The summed E-state index contributed by atoms with van der Waals surface area (Å²) in [5.41, 5.74) is 0. The number of hydrogen-bond donors (Lipinski definition) is 1. The van der Waals surface area contributed by atoms with Crippen molar-refractivity contribution in [2.24, 2.45) is 0 Å². The lowest BCUT2D eigenvalue weighted by molar-refractivity contribution is 0.414. The van der Waals surface area contributed by atoms with Gasteiger partial charge in [0, 0.05) is 29.6 Å². The molecule has 1 saturated heterocycles. The molecular weight excluding hydrogens is 280 g/mol. The molecule has 1 N–H and O–H groups in total. The van der Waals surface area contributed by atoms with E-state index in [0.29, 0.717) is 25.6 Å². The lowest BCUT2D eigenvalue weighted by Crippen LogP contribution is -2.36. The van der Waals surface area contributed by atoms with Gasteiger partial charge in [-0.2, -0.15) is 11.8 Å². The SMILES string of the molecule is CC(C)NCCCS(=O)(=O)N1CCSC(C)(C)CC1. The van der Waals surface area contributed by atoms with Gasteiger partial charge in [0.15, 0.2) is 0 Å². The first-order valence-corrected chi connectivity index (χ1v) is 9.68. The second-order valence-corrected chi connectivity index (χ2v) is 9.93. The van der Waals surface area contributed by atoms with Crippen LogP contribution < -0.4 is 5.32 Å². The Morgan fingerprint density at radius 1 is 1.32 bits per heavy atom.